The van der Waals surface area contributed by atoms with Crippen molar-refractivity contribution in [1.82, 2.24) is 10.2 Å². The molecule has 0 saturated carbocycles. The Kier molecular flexibility index (Phi) is 6.15. The lowest BCUT2D eigenvalue weighted by atomic mass is 10.0. The van der Waals surface area contributed by atoms with Gasteiger partial charge in [0.2, 0.25) is 5.91 Å². The summed E-state index contributed by atoms with van der Waals surface area (Å²) in [7, 11) is 3.31. The van der Waals surface area contributed by atoms with Gasteiger partial charge in [0.05, 0.1) is 32.9 Å². The van der Waals surface area contributed by atoms with Crippen LogP contribution < -0.4 is 14.8 Å². The number of hydrogen-bond donors (Lipinski definition) is 1. The second-order valence-electron chi connectivity index (χ2n) is 6.62. The third-order valence-electron chi connectivity index (χ3n) is 5.04. The molecule has 2 heterocycles. The van der Waals surface area contributed by atoms with Gasteiger partial charge < -0.3 is 24.4 Å². The van der Waals surface area contributed by atoms with Crippen LogP contribution in [0.3, 0.4) is 0 Å². The van der Waals surface area contributed by atoms with Crippen LogP contribution in [0, 0.1) is 0 Å². The minimum absolute atomic E-state index is 0.0436. The zero-order chi connectivity index (χ0) is 17.6. The number of nitrogens with one attached hydrogen (secondary N) is 1. The van der Waals surface area contributed by atoms with Crippen LogP contribution in [0.15, 0.2) is 18.2 Å². The molecule has 25 heavy (non-hydrogen) atoms. The molecule has 1 aromatic rings. The molecule has 2 aliphatic heterocycles. The Bertz CT molecular complexity index is 587. The maximum atomic E-state index is 12.7. The van der Waals surface area contributed by atoms with E-state index in [9.17, 15) is 4.79 Å². The molecule has 3 rings (SSSR count). The van der Waals surface area contributed by atoms with Gasteiger partial charge in [0.1, 0.15) is 11.5 Å². The summed E-state index contributed by atoms with van der Waals surface area (Å²) in [6.07, 6.45) is 4.39. The molecule has 0 bridgehead atoms. The van der Waals surface area contributed by atoms with Crippen molar-refractivity contribution in [3.8, 4) is 11.5 Å². The average molecular weight is 348 g/mol. The van der Waals surface area contributed by atoms with Crippen LogP contribution in [0.25, 0.3) is 0 Å². The van der Waals surface area contributed by atoms with Gasteiger partial charge in [0.25, 0.3) is 0 Å². The van der Waals surface area contributed by atoms with Gasteiger partial charge in [-0.05, 0) is 43.9 Å². The molecule has 2 unspecified atom stereocenters. The van der Waals surface area contributed by atoms with Gasteiger partial charge in [-0.15, -0.1) is 0 Å². The smallest absolute Gasteiger partial charge is 0.237 e. The minimum atomic E-state index is 0.0436. The summed E-state index contributed by atoms with van der Waals surface area (Å²) < 4.78 is 16.4. The molecule has 1 amide bonds. The van der Waals surface area contributed by atoms with Crippen molar-refractivity contribution in [2.45, 2.75) is 37.8 Å². The molecule has 2 fully saturated rings. The van der Waals surface area contributed by atoms with Crippen molar-refractivity contribution >= 4 is 5.91 Å². The number of hydrogen-bond acceptors (Lipinski definition) is 5. The highest BCUT2D eigenvalue weighted by atomic mass is 16.5. The summed E-state index contributed by atoms with van der Waals surface area (Å²) in [5.41, 5.74) is 1.02. The minimum Gasteiger partial charge on any atom is -0.497 e. The maximum absolute atomic E-state index is 12.7. The van der Waals surface area contributed by atoms with E-state index in [0.29, 0.717) is 6.54 Å². The molecule has 0 radical (unpaired) electrons. The number of likely N-dealkylation sites (tertiary alicyclic amines) is 1. The average Bonchev–Trinajstić information content (AvgIpc) is 3.32. The topological polar surface area (TPSA) is 60.0 Å². The second kappa shape index (κ2) is 8.54. The Morgan fingerprint density at radius 1 is 1.28 bits per heavy atom. The summed E-state index contributed by atoms with van der Waals surface area (Å²) in [4.78, 5) is 14.7. The maximum Gasteiger partial charge on any atom is 0.237 e. The lowest BCUT2D eigenvalue weighted by Gasteiger charge is -2.27. The van der Waals surface area contributed by atoms with Crippen molar-refractivity contribution in [2.24, 2.45) is 0 Å². The first-order valence-corrected chi connectivity index (χ1v) is 9.06. The van der Waals surface area contributed by atoms with Gasteiger partial charge in [0.15, 0.2) is 0 Å². The van der Waals surface area contributed by atoms with Crippen molar-refractivity contribution < 1.29 is 19.0 Å². The van der Waals surface area contributed by atoms with E-state index >= 15 is 0 Å². The van der Waals surface area contributed by atoms with Gasteiger partial charge in [0, 0.05) is 25.3 Å². The Morgan fingerprint density at radius 3 is 2.88 bits per heavy atom. The molecular formula is C19H28N2O4. The molecular weight excluding hydrogens is 320 g/mol. The predicted molar refractivity (Wildman–Crippen MR) is 95.1 cm³/mol. The zero-order valence-corrected chi connectivity index (χ0v) is 15.1. The number of nitrogens with zero attached hydrogens (tertiary/aromatic N) is 1. The Hall–Kier alpha value is -1.79. The monoisotopic (exact) mass is 348 g/mol. The first-order chi connectivity index (χ1) is 12.2. The summed E-state index contributed by atoms with van der Waals surface area (Å²) >= 11 is 0. The normalized spacial score (nSPS) is 23.0. The molecule has 2 atom stereocenters. The van der Waals surface area contributed by atoms with E-state index in [-0.39, 0.29) is 18.1 Å². The van der Waals surface area contributed by atoms with Crippen LogP contribution in [0.5, 0.6) is 11.5 Å². The van der Waals surface area contributed by atoms with Crippen LogP contribution in [-0.2, 0) is 9.53 Å². The van der Waals surface area contributed by atoms with Crippen molar-refractivity contribution in [1.29, 1.82) is 0 Å². The van der Waals surface area contributed by atoms with Crippen LogP contribution in [0.1, 0.15) is 37.3 Å². The van der Waals surface area contributed by atoms with E-state index in [1.165, 1.54) is 0 Å². The van der Waals surface area contributed by atoms with Crippen molar-refractivity contribution in [3.05, 3.63) is 23.8 Å². The standard InChI is InChI=1S/C19H28N2O4/c1-23-14-7-8-18(24-2)16(11-14)17-6-3-9-21(17)19(22)13-20-12-15-5-4-10-25-15/h7-8,11,15,17,20H,3-6,9-10,12-13H2,1-2H3. The van der Waals surface area contributed by atoms with E-state index < -0.39 is 0 Å². The Balaban J connectivity index is 1.64. The Morgan fingerprint density at radius 2 is 2.16 bits per heavy atom. The van der Waals surface area contributed by atoms with E-state index in [1.54, 1.807) is 14.2 Å². The molecule has 2 saturated heterocycles. The number of ether oxygens (including phenoxy) is 3. The fourth-order valence-corrected chi connectivity index (χ4v) is 3.74. The van der Waals surface area contributed by atoms with Gasteiger partial charge in [-0.25, -0.2) is 0 Å². The lowest BCUT2D eigenvalue weighted by molar-refractivity contribution is -0.131. The van der Waals surface area contributed by atoms with Gasteiger partial charge in [-0.2, -0.15) is 0 Å². The Labute approximate surface area is 149 Å². The van der Waals surface area contributed by atoms with Crippen LogP contribution in [0.4, 0.5) is 0 Å². The summed E-state index contributed by atoms with van der Waals surface area (Å²) in [6, 6.07) is 5.81. The molecule has 138 valence electrons. The number of carbonyl (C=O) groups is 1. The number of methoxy groups -OCH3 is 2. The summed E-state index contributed by atoms with van der Waals surface area (Å²) in [5.74, 6) is 1.72. The van der Waals surface area contributed by atoms with Gasteiger partial charge in [-0.1, -0.05) is 0 Å². The fraction of sp³-hybridized carbons (Fsp3) is 0.632. The number of rotatable bonds is 7. The fourth-order valence-electron chi connectivity index (χ4n) is 3.74. The predicted octanol–water partition coefficient (Wildman–Crippen LogP) is 2.14. The molecule has 0 aliphatic carbocycles. The summed E-state index contributed by atoms with van der Waals surface area (Å²) in [6.45, 7) is 2.71. The SMILES string of the molecule is COc1ccc(OC)c(C2CCCN2C(=O)CNCC2CCCO2)c1. The van der Waals surface area contributed by atoms with Gasteiger partial charge in [-0.3, -0.25) is 4.79 Å². The van der Waals surface area contributed by atoms with Crippen molar-refractivity contribution in [3.63, 3.8) is 0 Å². The van der Waals surface area contributed by atoms with Crippen molar-refractivity contribution in [2.75, 3.05) is 40.5 Å². The molecule has 1 aromatic carbocycles. The largest absolute Gasteiger partial charge is 0.497 e. The quantitative estimate of drug-likeness (QED) is 0.818. The molecule has 1 N–H and O–H groups in total. The molecule has 6 heteroatoms. The van der Waals surface area contributed by atoms with Crippen LogP contribution >= 0.6 is 0 Å². The second-order valence-corrected chi connectivity index (χ2v) is 6.62. The summed E-state index contributed by atoms with van der Waals surface area (Å²) in [5, 5.41) is 3.26. The molecule has 6 nitrogen and oxygen atoms in total. The number of carbonyl (C=O) groups excluding carboxylic acids is 1. The van der Waals surface area contributed by atoms with E-state index in [2.05, 4.69) is 5.32 Å². The third-order valence-corrected chi connectivity index (χ3v) is 5.04. The molecule has 2 aliphatic rings. The van der Waals surface area contributed by atoms with Gasteiger partial charge >= 0.3 is 0 Å². The number of benzene rings is 1. The first-order valence-electron chi connectivity index (χ1n) is 9.06. The first kappa shape index (κ1) is 18.0. The zero-order valence-electron chi connectivity index (χ0n) is 15.1. The molecule has 0 aromatic heterocycles. The number of amides is 1. The van der Waals surface area contributed by atoms with E-state index in [4.69, 9.17) is 14.2 Å². The third kappa shape index (κ3) is 4.25. The van der Waals surface area contributed by atoms with Crippen LogP contribution in [0.2, 0.25) is 0 Å². The van der Waals surface area contributed by atoms with Crippen LogP contribution in [-0.4, -0.2) is 57.4 Å². The van der Waals surface area contributed by atoms with E-state index in [0.717, 1.165) is 62.4 Å². The molecule has 0 spiro atoms. The van der Waals surface area contributed by atoms with E-state index in [1.807, 2.05) is 23.1 Å². The highest BCUT2D eigenvalue weighted by Gasteiger charge is 2.32. The highest BCUT2D eigenvalue weighted by Crippen LogP contribution is 2.38. The highest BCUT2D eigenvalue weighted by molar-refractivity contribution is 5.79. The lowest BCUT2D eigenvalue weighted by Crippen LogP contribution is -2.40.